The lowest BCUT2D eigenvalue weighted by molar-refractivity contribution is -0.148. The van der Waals surface area contributed by atoms with E-state index in [1.807, 2.05) is 13.8 Å². The molecule has 0 aromatic heterocycles. The van der Waals surface area contributed by atoms with Crippen LogP contribution in [0.15, 0.2) is 0 Å². The highest BCUT2D eigenvalue weighted by Gasteiger charge is 2.59. The van der Waals surface area contributed by atoms with Crippen molar-refractivity contribution in [1.29, 1.82) is 0 Å². The highest BCUT2D eigenvalue weighted by atomic mass is 79.9. The number of fused-ring (bicyclic) bond motifs is 1. The van der Waals surface area contributed by atoms with Gasteiger partial charge in [0.15, 0.2) is 0 Å². The van der Waals surface area contributed by atoms with Crippen LogP contribution in [0.3, 0.4) is 0 Å². The minimum atomic E-state index is -0.462. The molecule has 1 heterocycles. The van der Waals surface area contributed by atoms with Gasteiger partial charge in [-0.05, 0) is 13.8 Å². The Labute approximate surface area is 85.6 Å². The van der Waals surface area contributed by atoms with Crippen molar-refractivity contribution in [2.75, 3.05) is 0 Å². The normalized spacial score (nSPS) is 47.5. The summed E-state index contributed by atoms with van der Waals surface area (Å²) in [6, 6.07) is 0. The third kappa shape index (κ3) is 1.15. The second kappa shape index (κ2) is 2.70. The van der Waals surface area contributed by atoms with Gasteiger partial charge in [-0.25, -0.2) is 0 Å². The molecule has 2 rings (SSSR count). The number of hydrogen-bond donors (Lipinski definition) is 1. The minimum absolute atomic E-state index is 0.0149. The number of esters is 1. The standard InChI is InChI=1S/C9H13BrO3/c1-9(2)6-5(13-8(9)12)3-4(11)7(6)10/h4-7,11H,3H2,1-2H3/t4-,5+,6+,7+/m0/s1. The first kappa shape index (κ1) is 9.46. The number of alkyl halides is 1. The first-order valence-corrected chi connectivity index (χ1v) is 5.39. The molecular weight excluding hydrogens is 236 g/mol. The van der Waals surface area contributed by atoms with Crippen molar-refractivity contribution in [1.82, 2.24) is 0 Å². The fourth-order valence-electron chi connectivity index (χ4n) is 2.37. The van der Waals surface area contributed by atoms with Crippen LogP contribution in [-0.2, 0) is 9.53 Å². The minimum Gasteiger partial charge on any atom is -0.461 e. The van der Waals surface area contributed by atoms with E-state index in [2.05, 4.69) is 15.9 Å². The molecule has 2 aliphatic rings. The van der Waals surface area contributed by atoms with E-state index < -0.39 is 5.41 Å². The smallest absolute Gasteiger partial charge is 0.312 e. The van der Waals surface area contributed by atoms with Crippen molar-refractivity contribution in [3.8, 4) is 0 Å². The number of hydrogen-bond acceptors (Lipinski definition) is 3. The summed E-state index contributed by atoms with van der Waals surface area (Å²) in [5, 5.41) is 9.58. The van der Waals surface area contributed by atoms with E-state index in [0.717, 1.165) is 0 Å². The lowest BCUT2D eigenvalue weighted by atomic mass is 9.79. The molecule has 4 heteroatoms. The first-order chi connectivity index (χ1) is 5.94. The molecule has 0 spiro atoms. The van der Waals surface area contributed by atoms with Crippen molar-refractivity contribution in [2.45, 2.75) is 37.3 Å². The Morgan fingerprint density at radius 1 is 1.62 bits per heavy atom. The largest absolute Gasteiger partial charge is 0.461 e. The molecular formula is C9H13BrO3. The van der Waals surface area contributed by atoms with Gasteiger partial charge >= 0.3 is 5.97 Å². The van der Waals surface area contributed by atoms with Crippen LogP contribution in [0.1, 0.15) is 20.3 Å². The highest BCUT2D eigenvalue weighted by molar-refractivity contribution is 9.09. The van der Waals surface area contributed by atoms with Crippen LogP contribution < -0.4 is 0 Å². The molecule has 0 amide bonds. The van der Waals surface area contributed by atoms with Crippen molar-refractivity contribution in [3.05, 3.63) is 0 Å². The predicted octanol–water partition coefficient (Wildman–Crippen LogP) is 1.08. The number of halogens is 1. The van der Waals surface area contributed by atoms with Gasteiger partial charge in [0, 0.05) is 17.2 Å². The summed E-state index contributed by atoms with van der Waals surface area (Å²) in [5.41, 5.74) is -0.462. The maximum atomic E-state index is 11.4. The van der Waals surface area contributed by atoms with Crippen LogP contribution in [0, 0.1) is 11.3 Å². The van der Waals surface area contributed by atoms with E-state index in [9.17, 15) is 9.90 Å². The second-order valence-corrected chi connectivity index (χ2v) is 5.50. The number of aliphatic hydroxyl groups excluding tert-OH is 1. The van der Waals surface area contributed by atoms with Crippen LogP contribution in [-0.4, -0.2) is 28.1 Å². The third-order valence-electron chi connectivity index (χ3n) is 3.20. The average Bonchev–Trinajstić information content (AvgIpc) is 2.37. The van der Waals surface area contributed by atoms with Gasteiger partial charge in [-0.3, -0.25) is 4.79 Å². The van der Waals surface area contributed by atoms with Gasteiger partial charge in [-0.2, -0.15) is 0 Å². The topological polar surface area (TPSA) is 46.5 Å². The van der Waals surface area contributed by atoms with Gasteiger partial charge in [0.05, 0.1) is 11.5 Å². The van der Waals surface area contributed by atoms with E-state index in [1.165, 1.54) is 0 Å². The first-order valence-electron chi connectivity index (χ1n) is 4.48. The Bertz CT molecular complexity index is 251. The lowest BCUT2D eigenvalue weighted by Gasteiger charge is -2.24. The molecule has 13 heavy (non-hydrogen) atoms. The zero-order valence-electron chi connectivity index (χ0n) is 7.66. The number of rotatable bonds is 0. The van der Waals surface area contributed by atoms with Crippen LogP contribution in [0.25, 0.3) is 0 Å². The quantitative estimate of drug-likeness (QED) is 0.516. The molecule has 1 aliphatic heterocycles. The molecule has 0 unspecified atom stereocenters. The SMILES string of the molecule is CC1(C)C(=O)O[C@@H]2C[C@H](O)[C@@H](Br)[C@@H]21. The molecule has 0 bridgehead atoms. The molecule has 0 radical (unpaired) electrons. The van der Waals surface area contributed by atoms with Crippen molar-refractivity contribution >= 4 is 21.9 Å². The van der Waals surface area contributed by atoms with Crippen LogP contribution in [0.4, 0.5) is 0 Å². The molecule has 1 saturated carbocycles. The highest BCUT2D eigenvalue weighted by Crippen LogP contribution is 2.50. The molecule has 4 atom stereocenters. The fraction of sp³-hybridized carbons (Fsp3) is 0.889. The molecule has 74 valence electrons. The Hall–Kier alpha value is -0.0900. The second-order valence-electron chi connectivity index (χ2n) is 4.44. The van der Waals surface area contributed by atoms with Gasteiger partial charge in [-0.15, -0.1) is 0 Å². The van der Waals surface area contributed by atoms with Gasteiger partial charge in [0.2, 0.25) is 0 Å². The lowest BCUT2D eigenvalue weighted by Crippen LogP contribution is -2.33. The Balaban J connectivity index is 2.30. The fourth-order valence-corrected chi connectivity index (χ4v) is 3.59. The number of carbonyl (C=O) groups excluding carboxylic acids is 1. The molecule has 0 aromatic carbocycles. The molecule has 2 fully saturated rings. The number of ether oxygens (including phenoxy) is 1. The zero-order valence-corrected chi connectivity index (χ0v) is 9.24. The van der Waals surface area contributed by atoms with Crippen molar-refractivity contribution < 1.29 is 14.6 Å². The summed E-state index contributed by atoms with van der Waals surface area (Å²) in [4.78, 5) is 11.4. The Morgan fingerprint density at radius 2 is 2.23 bits per heavy atom. The third-order valence-corrected chi connectivity index (χ3v) is 4.38. The van der Waals surface area contributed by atoms with Crippen molar-refractivity contribution in [3.63, 3.8) is 0 Å². The Morgan fingerprint density at radius 3 is 2.77 bits per heavy atom. The van der Waals surface area contributed by atoms with E-state index in [0.29, 0.717) is 6.42 Å². The van der Waals surface area contributed by atoms with E-state index in [-0.39, 0.29) is 28.9 Å². The predicted molar refractivity (Wildman–Crippen MR) is 50.5 cm³/mol. The molecule has 1 N–H and O–H groups in total. The summed E-state index contributed by atoms with van der Waals surface area (Å²) in [7, 11) is 0. The van der Waals surface area contributed by atoms with Crippen LogP contribution in [0.2, 0.25) is 0 Å². The van der Waals surface area contributed by atoms with Crippen LogP contribution in [0.5, 0.6) is 0 Å². The number of aliphatic hydroxyl groups is 1. The van der Waals surface area contributed by atoms with E-state index in [1.54, 1.807) is 0 Å². The van der Waals surface area contributed by atoms with Gasteiger partial charge < -0.3 is 9.84 Å². The van der Waals surface area contributed by atoms with E-state index in [4.69, 9.17) is 4.74 Å². The van der Waals surface area contributed by atoms with Gasteiger partial charge in [-0.1, -0.05) is 15.9 Å². The summed E-state index contributed by atoms with van der Waals surface area (Å²) in [5.74, 6) is -0.0335. The summed E-state index contributed by atoms with van der Waals surface area (Å²) >= 11 is 3.43. The monoisotopic (exact) mass is 248 g/mol. The maximum Gasteiger partial charge on any atom is 0.312 e. The summed E-state index contributed by atoms with van der Waals surface area (Å²) in [6.45, 7) is 3.76. The molecule has 1 saturated heterocycles. The van der Waals surface area contributed by atoms with Gasteiger partial charge in [0.25, 0.3) is 0 Å². The van der Waals surface area contributed by atoms with Gasteiger partial charge in [0.1, 0.15) is 6.10 Å². The van der Waals surface area contributed by atoms with Crippen LogP contribution >= 0.6 is 15.9 Å². The molecule has 3 nitrogen and oxygen atoms in total. The van der Waals surface area contributed by atoms with Crippen molar-refractivity contribution in [2.24, 2.45) is 11.3 Å². The molecule has 0 aromatic rings. The summed E-state index contributed by atoms with van der Waals surface area (Å²) < 4.78 is 5.21. The zero-order chi connectivity index (χ0) is 9.80. The molecule has 1 aliphatic carbocycles. The maximum absolute atomic E-state index is 11.4. The van der Waals surface area contributed by atoms with E-state index >= 15 is 0 Å². The average molecular weight is 249 g/mol. The Kier molecular flexibility index (Phi) is 1.97. The number of carbonyl (C=O) groups is 1. The summed E-state index contributed by atoms with van der Waals surface area (Å²) in [6.07, 6.45) is 0.0831.